The molecule has 2 heterocycles. The van der Waals surface area contributed by atoms with E-state index < -0.39 is 0 Å². The molecule has 2 aliphatic rings. The number of nitrogens with one attached hydrogen (secondary N) is 2. The number of fused-ring (bicyclic) bond motifs is 1. The highest BCUT2D eigenvalue weighted by molar-refractivity contribution is 5.85. The first-order chi connectivity index (χ1) is 6.38. The third-order valence-corrected chi connectivity index (χ3v) is 2.79. The van der Waals surface area contributed by atoms with E-state index in [0.29, 0.717) is 18.4 Å². The minimum absolute atomic E-state index is 0. The molecule has 0 bridgehead atoms. The molecular formula is C9H19Cl2N3O. The Bertz CT molecular complexity index is 204. The molecule has 0 aromatic heterocycles. The molecule has 1 amide bonds. The van der Waals surface area contributed by atoms with Crippen molar-refractivity contribution in [3.05, 3.63) is 0 Å². The van der Waals surface area contributed by atoms with Crippen molar-refractivity contribution < 1.29 is 4.79 Å². The summed E-state index contributed by atoms with van der Waals surface area (Å²) in [6.07, 6.45) is 1.69. The Labute approximate surface area is 103 Å². The summed E-state index contributed by atoms with van der Waals surface area (Å²) < 4.78 is 0. The standard InChI is InChI=1S/C9H17N3O.2ClH/c13-9-2-1-3-10-6-8-7-11-4-5-12(8)9;;/h8,10-11H,1-7H2;2*1H. The second-order valence-corrected chi connectivity index (χ2v) is 3.75. The molecular weight excluding hydrogens is 237 g/mol. The first kappa shape index (κ1) is 15.0. The molecule has 2 saturated heterocycles. The van der Waals surface area contributed by atoms with Crippen LogP contribution in [0.1, 0.15) is 12.8 Å². The summed E-state index contributed by atoms with van der Waals surface area (Å²) in [4.78, 5) is 13.7. The highest BCUT2D eigenvalue weighted by Crippen LogP contribution is 2.08. The van der Waals surface area contributed by atoms with Gasteiger partial charge < -0.3 is 15.5 Å². The first-order valence-corrected chi connectivity index (χ1v) is 5.09. The van der Waals surface area contributed by atoms with Crippen LogP contribution >= 0.6 is 24.8 Å². The fourth-order valence-corrected chi connectivity index (χ4v) is 2.05. The van der Waals surface area contributed by atoms with Crippen molar-refractivity contribution in [2.45, 2.75) is 18.9 Å². The largest absolute Gasteiger partial charge is 0.336 e. The van der Waals surface area contributed by atoms with Crippen molar-refractivity contribution in [3.63, 3.8) is 0 Å². The Kier molecular flexibility index (Phi) is 7.26. The summed E-state index contributed by atoms with van der Waals surface area (Å²) >= 11 is 0. The number of rotatable bonds is 0. The van der Waals surface area contributed by atoms with Crippen molar-refractivity contribution in [2.24, 2.45) is 0 Å². The van der Waals surface area contributed by atoms with E-state index in [0.717, 1.165) is 39.1 Å². The van der Waals surface area contributed by atoms with Crippen LogP contribution in [0.2, 0.25) is 0 Å². The maximum atomic E-state index is 11.7. The van der Waals surface area contributed by atoms with Gasteiger partial charge in [-0.15, -0.1) is 24.8 Å². The number of carbonyl (C=O) groups excluding carboxylic acids is 1. The van der Waals surface area contributed by atoms with Gasteiger partial charge in [-0.1, -0.05) is 0 Å². The monoisotopic (exact) mass is 255 g/mol. The highest BCUT2D eigenvalue weighted by atomic mass is 35.5. The van der Waals surface area contributed by atoms with E-state index in [1.165, 1.54) is 0 Å². The van der Waals surface area contributed by atoms with Crippen LogP contribution in [0.3, 0.4) is 0 Å². The Morgan fingerprint density at radius 2 is 1.80 bits per heavy atom. The molecule has 2 rings (SSSR count). The van der Waals surface area contributed by atoms with Crippen molar-refractivity contribution in [1.29, 1.82) is 0 Å². The van der Waals surface area contributed by atoms with Crippen LogP contribution in [0.4, 0.5) is 0 Å². The Hall–Kier alpha value is -0.0300. The molecule has 2 aliphatic heterocycles. The summed E-state index contributed by atoms with van der Waals surface area (Å²) in [7, 11) is 0. The lowest BCUT2D eigenvalue weighted by Gasteiger charge is -2.37. The van der Waals surface area contributed by atoms with Crippen LogP contribution in [0.25, 0.3) is 0 Å². The number of carbonyl (C=O) groups is 1. The first-order valence-electron chi connectivity index (χ1n) is 5.09. The summed E-state index contributed by atoms with van der Waals surface area (Å²) in [5, 5.41) is 6.69. The van der Waals surface area contributed by atoms with E-state index in [1.54, 1.807) is 0 Å². The Morgan fingerprint density at radius 1 is 1.13 bits per heavy atom. The normalized spacial score (nSPS) is 26.5. The van der Waals surface area contributed by atoms with Gasteiger partial charge in [0.2, 0.25) is 5.91 Å². The minimum atomic E-state index is 0. The second kappa shape index (κ2) is 7.28. The van der Waals surface area contributed by atoms with Gasteiger partial charge in [0.05, 0.1) is 6.04 Å². The maximum Gasteiger partial charge on any atom is 0.222 e. The molecule has 1 unspecified atom stereocenters. The topological polar surface area (TPSA) is 44.4 Å². The average Bonchev–Trinajstić information content (AvgIpc) is 2.14. The minimum Gasteiger partial charge on any atom is -0.336 e. The molecule has 15 heavy (non-hydrogen) atoms. The van der Waals surface area contributed by atoms with Crippen molar-refractivity contribution in [3.8, 4) is 0 Å². The molecule has 90 valence electrons. The molecule has 6 heteroatoms. The summed E-state index contributed by atoms with van der Waals surface area (Å²) in [6, 6.07) is 0.376. The summed E-state index contributed by atoms with van der Waals surface area (Å²) in [6.45, 7) is 4.70. The van der Waals surface area contributed by atoms with E-state index in [4.69, 9.17) is 0 Å². The number of nitrogens with zero attached hydrogens (tertiary/aromatic N) is 1. The van der Waals surface area contributed by atoms with Gasteiger partial charge in [-0.3, -0.25) is 4.79 Å². The second-order valence-electron chi connectivity index (χ2n) is 3.75. The van der Waals surface area contributed by atoms with E-state index in [2.05, 4.69) is 10.6 Å². The van der Waals surface area contributed by atoms with Gasteiger partial charge in [-0.2, -0.15) is 0 Å². The third kappa shape index (κ3) is 3.79. The molecule has 0 aliphatic carbocycles. The number of halogens is 2. The predicted molar refractivity (Wildman–Crippen MR) is 65.0 cm³/mol. The molecule has 0 spiro atoms. The SMILES string of the molecule is Cl.Cl.O=C1CCCNCC2CNCCN12. The van der Waals surface area contributed by atoms with Crippen LogP contribution in [-0.4, -0.2) is 49.6 Å². The van der Waals surface area contributed by atoms with Crippen molar-refractivity contribution in [2.75, 3.05) is 32.7 Å². The van der Waals surface area contributed by atoms with Crippen LogP contribution < -0.4 is 10.6 Å². The molecule has 4 nitrogen and oxygen atoms in total. The zero-order chi connectivity index (χ0) is 9.10. The van der Waals surface area contributed by atoms with E-state index >= 15 is 0 Å². The maximum absolute atomic E-state index is 11.7. The van der Waals surface area contributed by atoms with Crippen LogP contribution in [0.5, 0.6) is 0 Å². The molecule has 0 aromatic rings. The zero-order valence-corrected chi connectivity index (χ0v) is 10.3. The van der Waals surface area contributed by atoms with E-state index in [-0.39, 0.29) is 24.8 Å². The Balaban J connectivity index is 0.000000980. The van der Waals surface area contributed by atoms with Gasteiger partial charge in [-0.25, -0.2) is 0 Å². The summed E-state index contributed by atoms with van der Waals surface area (Å²) in [5.41, 5.74) is 0. The number of hydrogen-bond donors (Lipinski definition) is 2. The Morgan fingerprint density at radius 3 is 2.53 bits per heavy atom. The highest BCUT2D eigenvalue weighted by Gasteiger charge is 2.26. The fourth-order valence-electron chi connectivity index (χ4n) is 2.05. The summed E-state index contributed by atoms with van der Waals surface area (Å²) in [5.74, 6) is 0.341. The van der Waals surface area contributed by atoms with Crippen LogP contribution in [0, 0.1) is 0 Å². The average molecular weight is 256 g/mol. The van der Waals surface area contributed by atoms with Gasteiger partial charge in [-0.05, 0) is 13.0 Å². The lowest BCUT2D eigenvalue weighted by molar-refractivity contribution is -0.134. The van der Waals surface area contributed by atoms with Gasteiger partial charge in [0, 0.05) is 32.6 Å². The fraction of sp³-hybridized carbons (Fsp3) is 0.889. The predicted octanol–water partition coefficient (Wildman–Crippen LogP) is 0.0138. The van der Waals surface area contributed by atoms with Gasteiger partial charge in [0.1, 0.15) is 0 Å². The van der Waals surface area contributed by atoms with Crippen LogP contribution in [-0.2, 0) is 4.79 Å². The van der Waals surface area contributed by atoms with E-state index in [9.17, 15) is 4.79 Å². The molecule has 0 aromatic carbocycles. The van der Waals surface area contributed by atoms with Crippen LogP contribution in [0.15, 0.2) is 0 Å². The third-order valence-electron chi connectivity index (χ3n) is 2.79. The van der Waals surface area contributed by atoms with Gasteiger partial charge in [0.25, 0.3) is 0 Å². The molecule has 0 saturated carbocycles. The number of hydrogen-bond acceptors (Lipinski definition) is 3. The molecule has 2 fully saturated rings. The lowest BCUT2D eigenvalue weighted by Crippen LogP contribution is -2.58. The number of amides is 1. The molecule has 1 atom stereocenters. The van der Waals surface area contributed by atoms with Crippen molar-refractivity contribution in [1.82, 2.24) is 15.5 Å². The van der Waals surface area contributed by atoms with Gasteiger partial charge in [0.15, 0.2) is 0 Å². The molecule has 0 radical (unpaired) electrons. The van der Waals surface area contributed by atoms with E-state index in [1.807, 2.05) is 4.90 Å². The zero-order valence-electron chi connectivity index (χ0n) is 8.70. The van der Waals surface area contributed by atoms with Gasteiger partial charge >= 0.3 is 0 Å². The quantitative estimate of drug-likeness (QED) is 0.642. The number of piperazine rings is 1. The molecule has 2 N–H and O–H groups in total. The van der Waals surface area contributed by atoms with Crippen molar-refractivity contribution >= 4 is 30.7 Å². The smallest absolute Gasteiger partial charge is 0.222 e. The lowest BCUT2D eigenvalue weighted by atomic mass is 10.1.